The molecule has 0 bridgehead atoms. The molecule has 1 aromatic heterocycles. The number of piperidine rings is 1. The van der Waals surface area contributed by atoms with Crippen LogP contribution in [0.5, 0.6) is 0 Å². The maximum Gasteiger partial charge on any atom is 0.254 e. The highest BCUT2D eigenvalue weighted by Gasteiger charge is 2.21. The third-order valence-corrected chi connectivity index (χ3v) is 5.18. The topological polar surface area (TPSA) is 55.2 Å². The second-order valence-electron chi connectivity index (χ2n) is 6.37. The normalized spacial score (nSPS) is 16.3. The first-order valence-electron chi connectivity index (χ1n) is 7.87. The minimum absolute atomic E-state index is 0.0690. The van der Waals surface area contributed by atoms with Gasteiger partial charge >= 0.3 is 0 Å². The molecule has 0 spiro atoms. The third kappa shape index (κ3) is 4.12. The van der Waals surface area contributed by atoms with Crippen molar-refractivity contribution >= 4 is 17.7 Å². The van der Waals surface area contributed by atoms with Gasteiger partial charge in [-0.25, -0.2) is 4.98 Å². The van der Waals surface area contributed by atoms with E-state index < -0.39 is 0 Å². The summed E-state index contributed by atoms with van der Waals surface area (Å²) in [4.78, 5) is 30.7. The molecule has 5 nitrogen and oxygen atoms in total. The molecule has 0 N–H and O–H groups in total. The van der Waals surface area contributed by atoms with Crippen molar-refractivity contribution in [1.29, 1.82) is 0 Å². The highest BCUT2D eigenvalue weighted by Crippen LogP contribution is 2.20. The van der Waals surface area contributed by atoms with E-state index in [0.29, 0.717) is 16.8 Å². The van der Waals surface area contributed by atoms with Crippen molar-refractivity contribution in [3.8, 4) is 0 Å². The highest BCUT2D eigenvalue weighted by atomic mass is 32.2. The van der Waals surface area contributed by atoms with Gasteiger partial charge in [0.05, 0.1) is 11.4 Å². The Balaban J connectivity index is 2.02. The first-order chi connectivity index (χ1) is 10.4. The number of aromatic nitrogens is 2. The Morgan fingerprint density at radius 2 is 2.05 bits per heavy atom. The van der Waals surface area contributed by atoms with Gasteiger partial charge in [-0.15, -0.1) is 0 Å². The molecule has 1 amide bonds. The predicted molar refractivity (Wildman–Crippen MR) is 89.3 cm³/mol. The number of amides is 1. The van der Waals surface area contributed by atoms with E-state index in [2.05, 4.69) is 11.9 Å². The van der Waals surface area contributed by atoms with Crippen LogP contribution >= 0.6 is 11.8 Å². The van der Waals surface area contributed by atoms with Gasteiger partial charge in [-0.1, -0.05) is 32.5 Å². The fraction of sp³-hybridized carbons (Fsp3) is 0.688. The maximum absolute atomic E-state index is 12.3. The number of likely N-dealkylation sites (tertiary alicyclic amines) is 1. The Bertz CT molecular complexity index is 590. The molecular formula is C16H25N3O2S. The average Bonchev–Trinajstić information content (AvgIpc) is 2.48. The van der Waals surface area contributed by atoms with E-state index >= 15 is 0 Å². The molecule has 2 rings (SSSR count). The van der Waals surface area contributed by atoms with Gasteiger partial charge in [0.15, 0.2) is 5.16 Å². The third-order valence-electron chi connectivity index (χ3n) is 4.17. The smallest absolute Gasteiger partial charge is 0.254 e. The lowest BCUT2D eigenvalue weighted by molar-refractivity contribution is -0.129. The fourth-order valence-corrected chi connectivity index (χ4v) is 3.32. The molecule has 22 heavy (non-hydrogen) atoms. The predicted octanol–water partition coefficient (Wildman–Crippen LogP) is 2.25. The van der Waals surface area contributed by atoms with Crippen LogP contribution in [0.1, 0.15) is 45.2 Å². The first-order valence-corrected chi connectivity index (χ1v) is 8.85. The standard InChI is InChI=1S/C16H25N3O2S/c1-11(2)13-9-14(20)18(4)16(17-13)22-10-15(21)19-7-5-12(3)6-8-19/h9,11-12H,5-8,10H2,1-4H3. The van der Waals surface area contributed by atoms with E-state index in [4.69, 9.17) is 0 Å². The second-order valence-corrected chi connectivity index (χ2v) is 7.31. The Morgan fingerprint density at radius 1 is 1.41 bits per heavy atom. The summed E-state index contributed by atoms with van der Waals surface area (Å²) in [6.07, 6.45) is 2.16. The molecule has 6 heteroatoms. The summed E-state index contributed by atoms with van der Waals surface area (Å²) in [6.45, 7) is 7.94. The van der Waals surface area contributed by atoms with Crippen molar-refractivity contribution < 1.29 is 4.79 Å². The van der Waals surface area contributed by atoms with Crippen molar-refractivity contribution in [2.24, 2.45) is 13.0 Å². The van der Waals surface area contributed by atoms with Gasteiger partial charge in [-0.2, -0.15) is 0 Å². The Morgan fingerprint density at radius 3 is 2.64 bits per heavy atom. The minimum Gasteiger partial charge on any atom is -0.342 e. The summed E-state index contributed by atoms with van der Waals surface area (Å²) in [6, 6.07) is 1.57. The molecule has 122 valence electrons. The maximum atomic E-state index is 12.3. The van der Waals surface area contributed by atoms with Crippen LogP contribution < -0.4 is 5.56 Å². The minimum atomic E-state index is -0.0690. The molecule has 1 aliphatic heterocycles. The molecule has 0 aliphatic carbocycles. The van der Waals surface area contributed by atoms with Crippen LogP contribution in [0, 0.1) is 5.92 Å². The molecule has 0 aromatic carbocycles. The van der Waals surface area contributed by atoms with Crippen LogP contribution in [0.15, 0.2) is 16.0 Å². The number of hydrogen-bond donors (Lipinski definition) is 0. The van der Waals surface area contributed by atoms with Crippen molar-refractivity contribution in [3.63, 3.8) is 0 Å². The summed E-state index contributed by atoms with van der Waals surface area (Å²) >= 11 is 1.36. The quantitative estimate of drug-likeness (QED) is 0.630. The average molecular weight is 323 g/mol. The van der Waals surface area contributed by atoms with E-state index in [1.807, 2.05) is 18.7 Å². The van der Waals surface area contributed by atoms with E-state index in [1.165, 1.54) is 16.3 Å². The van der Waals surface area contributed by atoms with Crippen LogP contribution in [0.4, 0.5) is 0 Å². The molecule has 0 saturated carbocycles. The van der Waals surface area contributed by atoms with Gasteiger partial charge in [-0.05, 0) is 24.7 Å². The highest BCUT2D eigenvalue weighted by molar-refractivity contribution is 7.99. The van der Waals surface area contributed by atoms with Gasteiger partial charge in [-0.3, -0.25) is 14.2 Å². The number of carbonyl (C=O) groups is 1. The largest absolute Gasteiger partial charge is 0.342 e. The molecular weight excluding hydrogens is 298 g/mol. The zero-order valence-corrected chi connectivity index (χ0v) is 14.7. The number of nitrogens with zero attached hydrogens (tertiary/aromatic N) is 3. The number of hydrogen-bond acceptors (Lipinski definition) is 4. The van der Waals surface area contributed by atoms with Crippen LogP contribution in [0.2, 0.25) is 0 Å². The van der Waals surface area contributed by atoms with Crippen LogP contribution in [0.25, 0.3) is 0 Å². The lowest BCUT2D eigenvalue weighted by atomic mass is 9.99. The van der Waals surface area contributed by atoms with Gasteiger partial charge in [0, 0.05) is 26.2 Å². The van der Waals surface area contributed by atoms with Crippen molar-refractivity contribution in [2.45, 2.75) is 44.7 Å². The Hall–Kier alpha value is -1.30. The molecule has 1 aliphatic rings. The van der Waals surface area contributed by atoms with E-state index in [9.17, 15) is 9.59 Å². The van der Waals surface area contributed by atoms with Crippen LogP contribution in [-0.2, 0) is 11.8 Å². The fourth-order valence-electron chi connectivity index (χ4n) is 2.44. The Kier molecular flexibility index (Phi) is 5.67. The zero-order chi connectivity index (χ0) is 16.3. The van der Waals surface area contributed by atoms with Crippen molar-refractivity contribution in [1.82, 2.24) is 14.5 Å². The van der Waals surface area contributed by atoms with Gasteiger partial charge < -0.3 is 4.90 Å². The molecule has 0 atom stereocenters. The summed E-state index contributed by atoms with van der Waals surface area (Å²) in [5.74, 6) is 1.39. The Labute approximate surface area is 136 Å². The lowest BCUT2D eigenvalue weighted by Gasteiger charge is -2.30. The van der Waals surface area contributed by atoms with Gasteiger partial charge in [0.25, 0.3) is 5.56 Å². The second kappa shape index (κ2) is 7.31. The van der Waals surface area contributed by atoms with E-state index in [0.717, 1.165) is 31.6 Å². The molecule has 2 heterocycles. The molecule has 1 saturated heterocycles. The number of rotatable bonds is 4. The monoisotopic (exact) mass is 323 g/mol. The summed E-state index contributed by atoms with van der Waals surface area (Å²) in [7, 11) is 1.70. The SMILES string of the molecule is CC1CCN(C(=O)CSc2nc(C(C)C)cc(=O)n2C)CC1. The van der Waals surface area contributed by atoms with Crippen molar-refractivity contribution in [2.75, 3.05) is 18.8 Å². The first kappa shape index (κ1) is 17.1. The molecule has 1 aromatic rings. The van der Waals surface area contributed by atoms with Crippen molar-refractivity contribution in [3.05, 3.63) is 22.1 Å². The van der Waals surface area contributed by atoms with E-state index in [1.54, 1.807) is 13.1 Å². The molecule has 0 radical (unpaired) electrons. The zero-order valence-electron chi connectivity index (χ0n) is 13.8. The number of carbonyl (C=O) groups excluding carboxylic acids is 1. The van der Waals surface area contributed by atoms with Gasteiger partial charge in [0.2, 0.25) is 5.91 Å². The van der Waals surface area contributed by atoms with Crippen LogP contribution in [0.3, 0.4) is 0 Å². The van der Waals surface area contributed by atoms with Gasteiger partial charge in [0.1, 0.15) is 0 Å². The van der Waals surface area contributed by atoms with Crippen LogP contribution in [-0.4, -0.2) is 39.2 Å². The molecule has 0 unspecified atom stereocenters. The lowest BCUT2D eigenvalue weighted by Crippen LogP contribution is -2.39. The molecule has 1 fully saturated rings. The summed E-state index contributed by atoms with van der Waals surface area (Å²) in [5.41, 5.74) is 0.713. The van der Waals surface area contributed by atoms with E-state index in [-0.39, 0.29) is 17.4 Å². The number of thioether (sulfide) groups is 1. The summed E-state index contributed by atoms with van der Waals surface area (Å²) < 4.78 is 1.52. The summed E-state index contributed by atoms with van der Waals surface area (Å²) in [5, 5.41) is 0.620.